The molecule has 0 aliphatic carbocycles. The molecule has 1 aromatic heterocycles. The van der Waals surface area contributed by atoms with Gasteiger partial charge in [0, 0.05) is 37.3 Å². The second-order valence-electron chi connectivity index (χ2n) is 4.93. The largest absolute Gasteiger partial charge is 0.348 e. The molecule has 0 saturated carbocycles. The van der Waals surface area contributed by atoms with Gasteiger partial charge in [-0.3, -0.25) is 0 Å². The Kier molecular flexibility index (Phi) is 2.59. The third kappa shape index (κ3) is 1.72. The van der Waals surface area contributed by atoms with Gasteiger partial charge in [-0.2, -0.15) is 0 Å². The van der Waals surface area contributed by atoms with E-state index in [0.717, 1.165) is 37.3 Å². The Labute approximate surface area is 101 Å². The molecule has 1 saturated heterocycles. The summed E-state index contributed by atoms with van der Waals surface area (Å²) in [5, 5.41) is 3.45. The highest BCUT2D eigenvalue weighted by Gasteiger charge is 2.36. The fourth-order valence-electron chi connectivity index (χ4n) is 2.92. The van der Waals surface area contributed by atoms with Crippen LogP contribution in [0.2, 0.25) is 0 Å². The molecule has 0 aromatic carbocycles. The number of aromatic nitrogens is 1. The molecule has 3 heterocycles. The Morgan fingerprint density at radius 1 is 1.53 bits per heavy atom. The van der Waals surface area contributed by atoms with Crippen molar-refractivity contribution in [2.75, 3.05) is 18.0 Å². The normalized spacial score (nSPS) is 26.5. The van der Waals surface area contributed by atoms with Crippen LogP contribution in [-0.2, 0) is 17.6 Å². The second kappa shape index (κ2) is 4.11. The summed E-state index contributed by atoms with van der Waals surface area (Å²) in [6.07, 6.45) is 2.40. The molecule has 0 amide bonds. The maximum Gasteiger partial charge on any atom is 0.132 e. The first-order valence-corrected chi connectivity index (χ1v) is 6.21. The standard InChI is InChI=1S/C13H17N3O/c1-9-7-14-8-12-6-10-2-3-11(4-5-17)15-13(10)16(9)12/h2-3,5,9,12,14H,4,6-8H2,1H3. The Morgan fingerprint density at radius 2 is 2.41 bits per heavy atom. The van der Waals surface area contributed by atoms with Gasteiger partial charge in [-0.1, -0.05) is 6.07 Å². The van der Waals surface area contributed by atoms with Gasteiger partial charge in [0.05, 0.1) is 0 Å². The van der Waals surface area contributed by atoms with Gasteiger partial charge in [-0.05, 0) is 25.0 Å². The zero-order valence-corrected chi connectivity index (χ0v) is 10.0. The fourth-order valence-corrected chi connectivity index (χ4v) is 2.92. The van der Waals surface area contributed by atoms with Gasteiger partial charge in [-0.25, -0.2) is 4.98 Å². The van der Waals surface area contributed by atoms with Crippen LogP contribution >= 0.6 is 0 Å². The van der Waals surface area contributed by atoms with E-state index in [1.807, 2.05) is 6.07 Å². The summed E-state index contributed by atoms with van der Waals surface area (Å²) >= 11 is 0. The Balaban J connectivity index is 1.97. The minimum atomic E-state index is 0.415. The maximum atomic E-state index is 10.6. The number of carbonyl (C=O) groups is 1. The predicted molar refractivity (Wildman–Crippen MR) is 66.3 cm³/mol. The van der Waals surface area contributed by atoms with Crippen LogP contribution in [-0.4, -0.2) is 36.4 Å². The van der Waals surface area contributed by atoms with Crippen LogP contribution in [0.15, 0.2) is 12.1 Å². The van der Waals surface area contributed by atoms with Gasteiger partial charge < -0.3 is 15.0 Å². The Bertz CT molecular complexity index is 446. The molecule has 0 bridgehead atoms. The highest BCUT2D eigenvalue weighted by Crippen LogP contribution is 2.33. The molecule has 90 valence electrons. The molecule has 2 aliphatic rings. The van der Waals surface area contributed by atoms with Gasteiger partial charge in [0.2, 0.25) is 0 Å². The average Bonchev–Trinajstić information content (AvgIpc) is 2.68. The van der Waals surface area contributed by atoms with E-state index in [4.69, 9.17) is 0 Å². The first-order valence-electron chi connectivity index (χ1n) is 6.21. The van der Waals surface area contributed by atoms with Gasteiger partial charge in [0.25, 0.3) is 0 Å². The van der Waals surface area contributed by atoms with Crippen LogP contribution in [0.3, 0.4) is 0 Å². The average molecular weight is 231 g/mol. The molecule has 0 spiro atoms. The fraction of sp³-hybridized carbons (Fsp3) is 0.538. The zero-order valence-electron chi connectivity index (χ0n) is 10.0. The lowest BCUT2D eigenvalue weighted by molar-refractivity contribution is -0.107. The van der Waals surface area contributed by atoms with E-state index in [-0.39, 0.29) is 0 Å². The number of anilines is 1. The monoisotopic (exact) mass is 231 g/mol. The molecule has 17 heavy (non-hydrogen) atoms. The molecule has 1 fully saturated rings. The van der Waals surface area contributed by atoms with E-state index >= 15 is 0 Å². The smallest absolute Gasteiger partial charge is 0.132 e. The molecule has 1 aromatic rings. The summed E-state index contributed by atoms with van der Waals surface area (Å²) in [4.78, 5) is 17.6. The quantitative estimate of drug-likeness (QED) is 0.755. The van der Waals surface area contributed by atoms with E-state index < -0.39 is 0 Å². The van der Waals surface area contributed by atoms with Crippen LogP contribution in [0.5, 0.6) is 0 Å². The number of aldehydes is 1. The number of pyridine rings is 1. The van der Waals surface area contributed by atoms with E-state index in [1.54, 1.807) is 0 Å². The summed E-state index contributed by atoms with van der Waals surface area (Å²) in [7, 11) is 0. The van der Waals surface area contributed by atoms with Gasteiger partial charge in [0.15, 0.2) is 0 Å². The summed E-state index contributed by atoms with van der Waals surface area (Å²) < 4.78 is 0. The van der Waals surface area contributed by atoms with E-state index in [9.17, 15) is 4.79 Å². The van der Waals surface area contributed by atoms with Crippen LogP contribution in [0.25, 0.3) is 0 Å². The number of piperazine rings is 1. The number of carbonyl (C=O) groups excluding carboxylic acids is 1. The van der Waals surface area contributed by atoms with Crippen LogP contribution in [0, 0.1) is 0 Å². The number of fused-ring (bicyclic) bond motifs is 3. The highest BCUT2D eigenvalue weighted by atomic mass is 16.1. The molecule has 4 heteroatoms. The van der Waals surface area contributed by atoms with Crippen molar-refractivity contribution in [1.29, 1.82) is 0 Å². The topological polar surface area (TPSA) is 45.2 Å². The van der Waals surface area contributed by atoms with Crippen LogP contribution in [0.4, 0.5) is 5.82 Å². The molecular weight excluding hydrogens is 214 g/mol. The number of hydrogen-bond donors (Lipinski definition) is 1. The summed E-state index contributed by atoms with van der Waals surface area (Å²) in [5.74, 6) is 1.10. The van der Waals surface area contributed by atoms with Crippen molar-refractivity contribution in [1.82, 2.24) is 10.3 Å². The van der Waals surface area contributed by atoms with E-state index in [0.29, 0.717) is 18.5 Å². The summed E-state index contributed by atoms with van der Waals surface area (Å²) in [6.45, 7) is 4.27. The molecular formula is C13H17N3O. The van der Waals surface area contributed by atoms with Crippen molar-refractivity contribution < 1.29 is 4.79 Å². The highest BCUT2D eigenvalue weighted by molar-refractivity contribution is 5.59. The minimum Gasteiger partial charge on any atom is -0.348 e. The third-order valence-electron chi connectivity index (χ3n) is 3.69. The van der Waals surface area contributed by atoms with Crippen molar-refractivity contribution >= 4 is 12.1 Å². The summed E-state index contributed by atoms with van der Waals surface area (Å²) in [5.41, 5.74) is 2.20. The lowest BCUT2D eigenvalue weighted by atomic mass is 10.1. The first-order chi connectivity index (χ1) is 8.29. The number of nitrogens with zero attached hydrogens (tertiary/aromatic N) is 2. The number of hydrogen-bond acceptors (Lipinski definition) is 4. The van der Waals surface area contributed by atoms with Crippen molar-refractivity contribution in [2.45, 2.75) is 31.8 Å². The Hall–Kier alpha value is -1.42. The molecule has 4 nitrogen and oxygen atoms in total. The molecule has 2 atom stereocenters. The summed E-state index contributed by atoms with van der Waals surface area (Å²) in [6, 6.07) is 5.12. The van der Waals surface area contributed by atoms with Crippen molar-refractivity contribution in [3.63, 3.8) is 0 Å². The Morgan fingerprint density at radius 3 is 3.24 bits per heavy atom. The minimum absolute atomic E-state index is 0.415. The molecule has 0 radical (unpaired) electrons. The molecule has 3 rings (SSSR count). The van der Waals surface area contributed by atoms with Crippen LogP contribution < -0.4 is 10.2 Å². The molecule has 1 N–H and O–H groups in total. The van der Waals surface area contributed by atoms with Gasteiger partial charge >= 0.3 is 0 Å². The second-order valence-corrected chi connectivity index (χ2v) is 4.93. The molecule has 2 aliphatic heterocycles. The zero-order chi connectivity index (χ0) is 11.8. The van der Waals surface area contributed by atoms with Gasteiger partial charge in [-0.15, -0.1) is 0 Å². The van der Waals surface area contributed by atoms with Crippen molar-refractivity contribution in [2.24, 2.45) is 0 Å². The number of rotatable bonds is 2. The van der Waals surface area contributed by atoms with Crippen molar-refractivity contribution in [3.05, 3.63) is 23.4 Å². The first kappa shape index (κ1) is 10.7. The predicted octanol–water partition coefficient (Wildman–Crippen LogP) is 0.546. The lowest BCUT2D eigenvalue weighted by Crippen LogP contribution is -2.55. The third-order valence-corrected chi connectivity index (χ3v) is 3.69. The lowest BCUT2D eigenvalue weighted by Gasteiger charge is -2.37. The van der Waals surface area contributed by atoms with Crippen molar-refractivity contribution in [3.8, 4) is 0 Å². The van der Waals surface area contributed by atoms with Crippen LogP contribution in [0.1, 0.15) is 18.2 Å². The SMILES string of the molecule is CC1CNCC2Cc3ccc(CC=O)nc3N12. The van der Waals surface area contributed by atoms with E-state index in [2.05, 4.69) is 28.2 Å². The maximum absolute atomic E-state index is 10.6. The van der Waals surface area contributed by atoms with E-state index in [1.165, 1.54) is 5.56 Å². The van der Waals surface area contributed by atoms with Gasteiger partial charge in [0.1, 0.15) is 12.1 Å². The number of nitrogens with one attached hydrogen (secondary N) is 1. The molecule has 2 unspecified atom stereocenters.